The summed E-state index contributed by atoms with van der Waals surface area (Å²) in [5.41, 5.74) is 2.20. The van der Waals surface area contributed by atoms with Gasteiger partial charge >= 0.3 is 0 Å². The summed E-state index contributed by atoms with van der Waals surface area (Å²) < 4.78 is 2.05. The minimum Gasteiger partial charge on any atom is -0.397 e. The molecule has 0 fully saturated rings. The van der Waals surface area contributed by atoms with Gasteiger partial charge in [0, 0.05) is 13.1 Å². The van der Waals surface area contributed by atoms with Crippen molar-refractivity contribution in [3.63, 3.8) is 0 Å². The van der Waals surface area contributed by atoms with Crippen molar-refractivity contribution < 1.29 is 5.11 Å². The molecule has 2 nitrogen and oxygen atoms in total. The predicted molar refractivity (Wildman–Crippen MR) is 74.0 cm³/mol. The maximum atomic E-state index is 10.1. The summed E-state index contributed by atoms with van der Waals surface area (Å²) >= 11 is 2.68. The largest absolute Gasteiger partial charge is 0.397 e. The third-order valence-corrected chi connectivity index (χ3v) is 3.21. The van der Waals surface area contributed by atoms with E-state index in [0.717, 1.165) is 12.1 Å². The number of hydrogen-bond donors (Lipinski definition) is 1. The Morgan fingerprint density at radius 2 is 1.50 bits per heavy atom. The average Bonchev–Trinajstić information content (AvgIpc) is 2.40. The zero-order valence-corrected chi connectivity index (χ0v) is 11.4. The van der Waals surface area contributed by atoms with Crippen LogP contribution in [0.4, 0.5) is 0 Å². The molecule has 1 N–H and O–H groups in total. The van der Waals surface area contributed by atoms with Gasteiger partial charge in [-0.2, -0.15) is 0 Å². The Balaban J connectivity index is 1.90. The fourth-order valence-corrected chi connectivity index (χ4v) is 2.30. The van der Waals surface area contributed by atoms with Gasteiger partial charge in [0.25, 0.3) is 16.5 Å². The van der Waals surface area contributed by atoms with Crippen LogP contribution in [0.2, 0.25) is 0 Å². The van der Waals surface area contributed by atoms with E-state index in [1.54, 1.807) is 0 Å². The fraction of sp³-hybridized carbons (Fsp3) is 0.200. The van der Waals surface area contributed by atoms with Crippen LogP contribution in [-0.2, 0) is 6.54 Å². The first-order valence-electron chi connectivity index (χ1n) is 6.02. The number of rotatable bonds is 5. The van der Waals surface area contributed by atoms with Gasteiger partial charge in [0.05, 0.1) is 6.10 Å². The van der Waals surface area contributed by atoms with Gasteiger partial charge in [0.2, 0.25) is 0 Å². The van der Waals surface area contributed by atoms with Crippen LogP contribution in [0.1, 0.15) is 17.2 Å². The predicted octanol–water partition coefficient (Wildman–Crippen LogP) is 2.31. The van der Waals surface area contributed by atoms with Crippen molar-refractivity contribution in [1.29, 1.82) is 0 Å². The molecule has 0 saturated carbocycles. The van der Waals surface area contributed by atoms with Crippen molar-refractivity contribution in [2.24, 2.45) is 0 Å². The number of aliphatic hydroxyl groups excluding tert-OH is 1. The van der Waals surface area contributed by atoms with E-state index in [0.29, 0.717) is 6.54 Å². The Kier molecular flexibility index (Phi) is 4.98. The standard InChI is InChI=1S/C15H16NO.Al/c17-15(14-9-5-2-6-10-14)12-16-11-13-7-3-1-4-8-13;/h1-10,15,17H,11-12H2;/q-1;+1. The zero-order valence-electron chi connectivity index (χ0n) is 10.2. The molecule has 0 aliphatic heterocycles. The highest BCUT2D eigenvalue weighted by molar-refractivity contribution is 6.04. The van der Waals surface area contributed by atoms with Crippen LogP contribution in [0.25, 0.3) is 0 Å². The molecule has 0 saturated heterocycles. The molecule has 18 heavy (non-hydrogen) atoms. The topological polar surface area (TPSA) is 23.5 Å². The highest BCUT2D eigenvalue weighted by Gasteiger charge is 2.09. The third-order valence-electron chi connectivity index (χ3n) is 2.82. The van der Waals surface area contributed by atoms with E-state index in [9.17, 15) is 5.11 Å². The summed E-state index contributed by atoms with van der Waals surface area (Å²) in [6.45, 7) is 1.42. The summed E-state index contributed by atoms with van der Waals surface area (Å²) in [7, 11) is 0. The van der Waals surface area contributed by atoms with Gasteiger partial charge in [-0.15, -0.1) is 0 Å². The summed E-state index contributed by atoms with van der Waals surface area (Å²) in [4.78, 5) is 0. The van der Waals surface area contributed by atoms with Gasteiger partial charge in [-0.25, -0.2) is 0 Å². The second kappa shape index (κ2) is 6.73. The van der Waals surface area contributed by atoms with Gasteiger partial charge in [0.1, 0.15) is 0 Å². The molecule has 0 heterocycles. The molecule has 3 heteroatoms. The Labute approximate surface area is 117 Å². The average molecular weight is 253 g/mol. The highest BCUT2D eigenvalue weighted by atomic mass is 27.1. The molecule has 0 aliphatic carbocycles. The van der Waals surface area contributed by atoms with E-state index in [1.807, 2.05) is 52.4 Å². The van der Waals surface area contributed by atoms with Crippen molar-refractivity contribution in [3.8, 4) is 0 Å². The number of nitrogens with zero attached hydrogens (tertiary/aromatic N) is 1. The van der Waals surface area contributed by atoms with Crippen LogP contribution in [0.3, 0.4) is 0 Å². The van der Waals surface area contributed by atoms with Gasteiger partial charge in [-0.1, -0.05) is 60.7 Å². The number of hydrogen-bond acceptors (Lipinski definition) is 2. The van der Waals surface area contributed by atoms with Gasteiger partial charge in [-0.3, -0.25) is 0 Å². The summed E-state index contributed by atoms with van der Waals surface area (Å²) in [5, 5.41) is 10.1. The molecule has 90 valence electrons. The molecule has 0 bridgehead atoms. The smallest absolute Gasteiger partial charge is 0.256 e. The molecule has 0 aromatic heterocycles. The molecule has 2 radical (unpaired) electrons. The normalized spacial score (nSPS) is 12.6. The number of aliphatic hydroxyl groups is 1. The van der Waals surface area contributed by atoms with Gasteiger partial charge < -0.3 is 8.99 Å². The highest BCUT2D eigenvalue weighted by Crippen LogP contribution is 2.14. The number of benzene rings is 2. The molecule has 0 aliphatic rings. The van der Waals surface area contributed by atoms with Crippen LogP contribution in [-0.4, -0.2) is 32.0 Å². The summed E-state index contributed by atoms with van der Waals surface area (Å²) in [6, 6.07) is 20.0. The first-order chi connectivity index (χ1) is 8.75. The summed E-state index contributed by atoms with van der Waals surface area (Å²) in [6.07, 6.45) is -0.451. The van der Waals surface area contributed by atoms with Gasteiger partial charge in [-0.05, 0) is 11.1 Å². The molecular weight excluding hydrogens is 237 g/mol. The monoisotopic (exact) mass is 253 g/mol. The SMILES string of the molecule is OC(C[N]([Al])Cc1ccccc1)c1ccccc1. The third kappa shape index (κ3) is 3.97. The van der Waals surface area contributed by atoms with Crippen LogP contribution in [0.5, 0.6) is 0 Å². The van der Waals surface area contributed by atoms with Crippen LogP contribution in [0, 0.1) is 0 Å². The zero-order chi connectivity index (χ0) is 12.8. The van der Waals surface area contributed by atoms with Crippen molar-refractivity contribution in [2.75, 3.05) is 6.54 Å². The Morgan fingerprint density at radius 1 is 0.944 bits per heavy atom. The quantitative estimate of drug-likeness (QED) is 0.826. The van der Waals surface area contributed by atoms with Crippen LogP contribution in [0.15, 0.2) is 60.7 Å². The molecule has 2 aromatic carbocycles. The van der Waals surface area contributed by atoms with Crippen molar-refractivity contribution in [2.45, 2.75) is 12.6 Å². The lowest BCUT2D eigenvalue weighted by Crippen LogP contribution is -2.25. The van der Waals surface area contributed by atoms with E-state index in [4.69, 9.17) is 0 Å². The molecular formula is C15H16AlNO. The van der Waals surface area contributed by atoms with E-state index in [2.05, 4.69) is 28.6 Å². The van der Waals surface area contributed by atoms with Crippen molar-refractivity contribution in [3.05, 3.63) is 71.8 Å². The second-order valence-electron chi connectivity index (χ2n) is 4.34. The minimum atomic E-state index is -0.451. The second-order valence-corrected chi connectivity index (χ2v) is 5.07. The maximum Gasteiger partial charge on any atom is 0.256 e. The first kappa shape index (κ1) is 13.3. The van der Waals surface area contributed by atoms with Crippen LogP contribution >= 0.6 is 0 Å². The molecule has 1 atom stereocenters. The van der Waals surface area contributed by atoms with Crippen molar-refractivity contribution in [1.82, 2.24) is 3.88 Å². The van der Waals surface area contributed by atoms with Crippen molar-refractivity contribution >= 4 is 16.5 Å². The molecule has 2 aromatic rings. The lowest BCUT2D eigenvalue weighted by atomic mass is 10.1. The lowest BCUT2D eigenvalue weighted by molar-refractivity contribution is 0.147. The molecule has 2 rings (SSSR count). The van der Waals surface area contributed by atoms with Crippen LogP contribution < -0.4 is 0 Å². The molecule has 1 unspecified atom stereocenters. The molecule has 0 amide bonds. The fourth-order valence-electron chi connectivity index (χ4n) is 1.89. The minimum absolute atomic E-state index is 0.451. The first-order valence-corrected chi connectivity index (χ1v) is 6.54. The van der Waals surface area contributed by atoms with E-state index in [-0.39, 0.29) is 0 Å². The summed E-state index contributed by atoms with van der Waals surface area (Å²) in [5.74, 6) is 0. The Morgan fingerprint density at radius 3 is 2.11 bits per heavy atom. The Bertz CT molecular complexity index is 460. The van der Waals surface area contributed by atoms with E-state index < -0.39 is 6.10 Å². The maximum absolute atomic E-state index is 10.1. The van der Waals surface area contributed by atoms with E-state index in [1.165, 1.54) is 5.56 Å². The van der Waals surface area contributed by atoms with E-state index >= 15 is 0 Å². The lowest BCUT2D eigenvalue weighted by Gasteiger charge is -2.22. The molecule has 0 spiro atoms. The van der Waals surface area contributed by atoms with Gasteiger partial charge in [0.15, 0.2) is 0 Å². The Hall–Kier alpha value is -1.11.